The van der Waals surface area contributed by atoms with Gasteiger partial charge in [0.05, 0.1) is 41.5 Å². The first-order valence-electron chi connectivity index (χ1n) is 11.1. The molecule has 0 saturated carbocycles. The van der Waals surface area contributed by atoms with E-state index in [9.17, 15) is 19.5 Å². The van der Waals surface area contributed by atoms with Gasteiger partial charge in [0.15, 0.2) is 0 Å². The van der Waals surface area contributed by atoms with E-state index in [0.29, 0.717) is 11.2 Å². The van der Waals surface area contributed by atoms with Gasteiger partial charge in [-0.2, -0.15) is 0 Å². The minimum atomic E-state index is -1.02. The molecule has 0 aliphatic carbocycles. The first-order chi connectivity index (χ1) is 16.7. The molecule has 0 radical (unpaired) electrons. The van der Waals surface area contributed by atoms with Crippen LogP contribution in [0.15, 0.2) is 57.9 Å². The maximum Gasteiger partial charge on any atom is 0.407 e. The van der Waals surface area contributed by atoms with E-state index in [-0.39, 0.29) is 37.8 Å². The van der Waals surface area contributed by atoms with Crippen molar-refractivity contribution < 1.29 is 19.4 Å². The van der Waals surface area contributed by atoms with E-state index in [1.54, 1.807) is 29.3 Å². The number of carbonyl (C=O) groups is 2. The number of aromatic nitrogens is 3. The number of hydrogen-bond acceptors (Lipinski definition) is 5. The van der Waals surface area contributed by atoms with Gasteiger partial charge in [0, 0.05) is 35.4 Å². The zero-order valence-corrected chi connectivity index (χ0v) is 20.8. The van der Waals surface area contributed by atoms with Crippen LogP contribution in [0.4, 0.5) is 4.79 Å². The second kappa shape index (κ2) is 8.53. The smallest absolute Gasteiger partial charge is 0.407 e. The third kappa shape index (κ3) is 3.78. The summed E-state index contributed by atoms with van der Waals surface area (Å²) in [7, 11) is 1.71. The van der Waals surface area contributed by atoms with Crippen molar-refractivity contribution in [3.63, 3.8) is 0 Å². The van der Waals surface area contributed by atoms with Crippen molar-refractivity contribution in [3.8, 4) is 5.69 Å². The molecular formula is C25H23BrN4O5. The third-order valence-corrected chi connectivity index (χ3v) is 7.12. The Labute approximate surface area is 208 Å². The number of amides is 1. The molecule has 10 heteroatoms. The van der Waals surface area contributed by atoms with Crippen LogP contribution in [0.1, 0.15) is 18.9 Å². The molecule has 3 heterocycles. The molecule has 1 N–H and O–H groups in total. The fraction of sp³-hybridized carbons (Fsp3) is 0.280. The van der Waals surface area contributed by atoms with Crippen LogP contribution in [0, 0.1) is 0 Å². The molecule has 1 aliphatic rings. The number of esters is 1. The third-order valence-electron chi connectivity index (χ3n) is 6.63. The molecule has 0 bridgehead atoms. The summed E-state index contributed by atoms with van der Waals surface area (Å²) in [6, 6.07) is 13.1. The van der Waals surface area contributed by atoms with Gasteiger partial charge in [-0.25, -0.2) is 9.59 Å². The van der Waals surface area contributed by atoms with Crippen LogP contribution in [-0.2, 0) is 22.0 Å². The monoisotopic (exact) mass is 538 g/mol. The van der Waals surface area contributed by atoms with Crippen molar-refractivity contribution in [2.24, 2.45) is 7.05 Å². The Morgan fingerprint density at radius 2 is 1.89 bits per heavy atom. The Kier molecular flexibility index (Phi) is 5.63. The number of likely N-dealkylation sites (tertiary alicyclic amines) is 1. The Morgan fingerprint density at radius 1 is 1.17 bits per heavy atom. The maximum absolute atomic E-state index is 13.3. The number of hydrogen-bond donors (Lipinski definition) is 1. The lowest BCUT2D eigenvalue weighted by molar-refractivity contribution is -0.146. The fourth-order valence-corrected chi connectivity index (χ4v) is 5.24. The molecule has 35 heavy (non-hydrogen) atoms. The topological polar surface area (TPSA) is 107 Å². The number of nitrogens with zero attached hydrogens (tertiary/aromatic N) is 4. The van der Waals surface area contributed by atoms with Crippen LogP contribution in [0.25, 0.3) is 27.6 Å². The first-order valence-corrected chi connectivity index (χ1v) is 11.9. The lowest BCUT2D eigenvalue weighted by Gasteiger charge is -2.48. The normalized spacial score (nSPS) is 14.8. The largest absolute Gasteiger partial charge is 0.466 e. The number of halogens is 1. The summed E-state index contributed by atoms with van der Waals surface area (Å²) in [5, 5.41) is 10.2. The molecule has 1 aliphatic heterocycles. The second-order valence-electron chi connectivity index (χ2n) is 8.78. The number of imidazole rings is 1. The average molecular weight is 539 g/mol. The van der Waals surface area contributed by atoms with E-state index < -0.39 is 11.5 Å². The van der Waals surface area contributed by atoms with Gasteiger partial charge >= 0.3 is 17.8 Å². The average Bonchev–Trinajstić information content (AvgIpc) is 3.06. The number of benzene rings is 2. The van der Waals surface area contributed by atoms with Gasteiger partial charge in [-0.05, 0) is 42.8 Å². The molecule has 180 valence electrons. The molecule has 9 nitrogen and oxygen atoms in total. The summed E-state index contributed by atoms with van der Waals surface area (Å²) in [4.78, 5) is 42.7. The quantitative estimate of drug-likeness (QED) is 0.387. The van der Waals surface area contributed by atoms with Gasteiger partial charge in [0.25, 0.3) is 0 Å². The standard InChI is InChI=1S/C25H23BrN4O5/c1-3-35-21(31)11-25(13-29(14-25)24(33)34)15-4-7-17(8-5-15)30-22-18-10-16(26)6-9-19(18)27-12-20(22)28(2)23(30)32/h4-10,12H,3,11,13-14H2,1-2H3,(H,33,34). The van der Waals surface area contributed by atoms with Crippen LogP contribution < -0.4 is 5.69 Å². The highest BCUT2D eigenvalue weighted by Crippen LogP contribution is 2.39. The van der Waals surface area contributed by atoms with Crippen molar-refractivity contribution in [1.29, 1.82) is 0 Å². The molecule has 5 rings (SSSR count). The van der Waals surface area contributed by atoms with Gasteiger partial charge in [-0.3, -0.25) is 18.9 Å². The summed E-state index contributed by atoms with van der Waals surface area (Å²) in [6.07, 6.45) is 0.763. The zero-order chi connectivity index (χ0) is 24.9. The van der Waals surface area contributed by atoms with Crippen molar-refractivity contribution >= 4 is 49.9 Å². The van der Waals surface area contributed by atoms with Crippen LogP contribution in [0.3, 0.4) is 0 Å². The molecule has 2 aromatic carbocycles. The van der Waals surface area contributed by atoms with Gasteiger partial charge in [0.2, 0.25) is 0 Å². The number of carbonyl (C=O) groups excluding carboxylic acids is 1. The van der Waals surface area contributed by atoms with Gasteiger partial charge in [0.1, 0.15) is 0 Å². The van der Waals surface area contributed by atoms with E-state index >= 15 is 0 Å². The summed E-state index contributed by atoms with van der Waals surface area (Å²) in [5.41, 5.74) is 2.86. The fourth-order valence-electron chi connectivity index (χ4n) is 4.88. The van der Waals surface area contributed by atoms with Crippen molar-refractivity contribution in [2.75, 3.05) is 19.7 Å². The summed E-state index contributed by atoms with van der Waals surface area (Å²) >= 11 is 3.51. The summed E-state index contributed by atoms with van der Waals surface area (Å²) in [5.74, 6) is -0.364. The highest BCUT2D eigenvalue weighted by molar-refractivity contribution is 9.10. The molecule has 0 atom stereocenters. The van der Waals surface area contributed by atoms with Crippen molar-refractivity contribution in [2.45, 2.75) is 18.8 Å². The number of ether oxygens (including phenoxy) is 1. The van der Waals surface area contributed by atoms with E-state index in [2.05, 4.69) is 20.9 Å². The second-order valence-corrected chi connectivity index (χ2v) is 9.69. The molecule has 1 amide bonds. The molecule has 4 aromatic rings. The number of aryl methyl sites for hydroxylation is 1. The van der Waals surface area contributed by atoms with Crippen molar-refractivity contribution in [1.82, 2.24) is 19.0 Å². The first kappa shape index (κ1) is 23.1. The summed E-state index contributed by atoms with van der Waals surface area (Å²) in [6.45, 7) is 2.42. The lowest BCUT2D eigenvalue weighted by Crippen LogP contribution is -2.61. The van der Waals surface area contributed by atoms with E-state index in [4.69, 9.17) is 4.74 Å². The van der Waals surface area contributed by atoms with Gasteiger partial charge < -0.3 is 14.7 Å². The molecule has 0 unspecified atom stereocenters. The minimum absolute atomic E-state index is 0.0858. The number of carboxylic acid groups (broad SMARTS) is 1. The minimum Gasteiger partial charge on any atom is -0.466 e. The van der Waals surface area contributed by atoms with Crippen LogP contribution in [-0.4, -0.2) is 55.9 Å². The number of fused-ring (bicyclic) bond motifs is 3. The Morgan fingerprint density at radius 3 is 2.54 bits per heavy atom. The van der Waals surface area contributed by atoms with Crippen LogP contribution >= 0.6 is 15.9 Å². The van der Waals surface area contributed by atoms with Gasteiger partial charge in [-0.15, -0.1) is 0 Å². The molecule has 1 fully saturated rings. The summed E-state index contributed by atoms with van der Waals surface area (Å²) < 4.78 is 9.23. The van der Waals surface area contributed by atoms with E-state index in [1.807, 2.05) is 42.5 Å². The predicted octanol–water partition coefficient (Wildman–Crippen LogP) is 3.82. The van der Waals surface area contributed by atoms with Gasteiger partial charge in [-0.1, -0.05) is 28.1 Å². The molecule has 0 spiro atoms. The molecule has 2 aromatic heterocycles. The van der Waals surface area contributed by atoms with E-state index in [0.717, 1.165) is 26.5 Å². The molecule has 1 saturated heterocycles. The van der Waals surface area contributed by atoms with E-state index in [1.165, 1.54) is 4.90 Å². The Hall–Kier alpha value is -3.66. The Bertz CT molecular complexity index is 1530. The highest BCUT2D eigenvalue weighted by atomic mass is 79.9. The SMILES string of the molecule is CCOC(=O)CC1(c2ccc(-n3c(=O)n(C)c4cnc5ccc(Br)cc5c43)cc2)CN(C(=O)O)C1. The molecular weight excluding hydrogens is 516 g/mol. The lowest BCUT2D eigenvalue weighted by atomic mass is 9.71. The maximum atomic E-state index is 13.3. The number of pyridine rings is 1. The van der Waals surface area contributed by atoms with Crippen molar-refractivity contribution in [3.05, 3.63) is 69.2 Å². The Balaban J connectivity index is 1.60. The predicted molar refractivity (Wildman–Crippen MR) is 134 cm³/mol. The number of rotatable bonds is 5. The van der Waals surface area contributed by atoms with Crippen LogP contribution in [0.2, 0.25) is 0 Å². The zero-order valence-electron chi connectivity index (χ0n) is 19.2. The van der Waals surface area contributed by atoms with Crippen LogP contribution in [0.5, 0.6) is 0 Å². The highest BCUT2D eigenvalue weighted by Gasteiger charge is 2.48.